The van der Waals surface area contributed by atoms with E-state index in [1.807, 2.05) is 0 Å². The van der Waals surface area contributed by atoms with E-state index in [0.29, 0.717) is 6.10 Å². The number of rotatable bonds is 4. The van der Waals surface area contributed by atoms with Gasteiger partial charge >= 0.3 is 0 Å². The van der Waals surface area contributed by atoms with Crippen LogP contribution in [0.4, 0.5) is 0 Å². The minimum Gasteiger partial charge on any atom is -0.378 e. The van der Waals surface area contributed by atoms with Crippen molar-refractivity contribution in [3.8, 4) is 0 Å². The van der Waals surface area contributed by atoms with Crippen molar-refractivity contribution in [3.63, 3.8) is 0 Å². The molecule has 88 valence electrons. The van der Waals surface area contributed by atoms with Crippen molar-refractivity contribution in [2.45, 2.75) is 51.6 Å². The Labute approximate surface area is 93.8 Å². The fourth-order valence-electron chi connectivity index (χ4n) is 2.98. The first-order chi connectivity index (χ1) is 7.36. The summed E-state index contributed by atoms with van der Waals surface area (Å²) >= 11 is 0. The van der Waals surface area contributed by atoms with Gasteiger partial charge in [-0.3, -0.25) is 0 Å². The van der Waals surface area contributed by atoms with Crippen molar-refractivity contribution in [3.05, 3.63) is 0 Å². The third kappa shape index (κ3) is 3.46. The lowest BCUT2D eigenvalue weighted by Gasteiger charge is -2.29. The number of hydrogen-bond acceptors (Lipinski definition) is 2. The number of piperidine rings is 1. The van der Waals surface area contributed by atoms with E-state index < -0.39 is 0 Å². The third-order valence-electron chi connectivity index (χ3n) is 4.09. The summed E-state index contributed by atoms with van der Waals surface area (Å²) in [7, 11) is 0. The van der Waals surface area contributed by atoms with Gasteiger partial charge in [-0.2, -0.15) is 0 Å². The van der Waals surface area contributed by atoms with Crippen LogP contribution in [0.5, 0.6) is 0 Å². The van der Waals surface area contributed by atoms with Crippen molar-refractivity contribution in [2.75, 3.05) is 19.7 Å². The van der Waals surface area contributed by atoms with Crippen LogP contribution in [0.2, 0.25) is 0 Å². The summed E-state index contributed by atoms with van der Waals surface area (Å²) in [6, 6.07) is 0. The van der Waals surface area contributed by atoms with Crippen LogP contribution in [0.1, 0.15) is 45.4 Å². The van der Waals surface area contributed by atoms with Crippen LogP contribution in [0.3, 0.4) is 0 Å². The van der Waals surface area contributed by atoms with Crippen LogP contribution >= 0.6 is 0 Å². The van der Waals surface area contributed by atoms with E-state index in [0.717, 1.165) is 18.4 Å². The highest BCUT2D eigenvalue weighted by Gasteiger charge is 2.21. The van der Waals surface area contributed by atoms with Crippen LogP contribution in [-0.4, -0.2) is 25.8 Å². The highest BCUT2D eigenvalue weighted by molar-refractivity contribution is 4.75. The van der Waals surface area contributed by atoms with Crippen molar-refractivity contribution in [1.82, 2.24) is 5.32 Å². The summed E-state index contributed by atoms with van der Waals surface area (Å²) in [5.74, 6) is 1.84. The lowest BCUT2D eigenvalue weighted by Crippen LogP contribution is -2.35. The van der Waals surface area contributed by atoms with Gasteiger partial charge in [-0.1, -0.05) is 19.8 Å². The van der Waals surface area contributed by atoms with Gasteiger partial charge in [0.1, 0.15) is 0 Å². The molecule has 0 aromatic heterocycles. The van der Waals surface area contributed by atoms with Crippen LogP contribution in [0.25, 0.3) is 0 Å². The van der Waals surface area contributed by atoms with Gasteiger partial charge in [-0.25, -0.2) is 0 Å². The van der Waals surface area contributed by atoms with Crippen LogP contribution in [0, 0.1) is 11.8 Å². The molecule has 2 heterocycles. The van der Waals surface area contributed by atoms with Crippen LogP contribution in [-0.2, 0) is 4.74 Å². The van der Waals surface area contributed by atoms with Gasteiger partial charge in [0.25, 0.3) is 0 Å². The molecule has 0 saturated carbocycles. The molecule has 0 spiro atoms. The number of ether oxygens (including phenoxy) is 1. The fraction of sp³-hybridized carbons (Fsp3) is 1.00. The molecule has 2 fully saturated rings. The van der Waals surface area contributed by atoms with Crippen LogP contribution in [0.15, 0.2) is 0 Å². The molecule has 2 heteroatoms. The van der Waals surface area contributed by atoms with E-state index in [-0.39, 0.29) is 0 Å². The van der Waals surface area contributed by atoms with E-state index >= 15 is 0 Å². The normalized spacial score (nSPS) is 37.0. The molecule has 0 aromatic rings. The Morgan fingerprint density at radius 1 is 1.27 bits per heavy atom. The average molecular weight is 211 g/mol. The van der Waals surface area contributed by atoms with Gasteiger partial charge in [-0.15, -0.1) is 0 Å². The summed E-state index contributed by atoms with van der Waals surface area (Å²) < 4.78 is 5.66. The maximum Gasteiger partial charge on any atom is 0.0576 e. The second-order valence-electron chi connectivity index (χ2n) is 5.30. The fourth-order valence-corrected chi connectivity index (χ4v) is 2.98. The molecule has 0 bridgehead atoms. The van der Waals surface area contributed by atoms with E-state index in [1.165, 1.54) is 51.6 Å². The molecule has 15 heavy (non-hydrogen) atoms. The van der Waals surface area contributed by atoms with E-state index in [9.17, 15) is 0 Å². The van der Waals surface area contributed by atoms with Crippen LogP contribution < -0.4 is 5.32 Å². The first kappa shape index (κ1) is 11.4. The molecule has 0 aliphatic carbocycles. The largest absolute Gasteiger partial charge is 0.378 e. The quantitative estimate of drug-likeness (QED) is 0.771. The van der Waals surface area contributed by atoms with Gasteiger partial charge in [-0.05, 0) is 50.6 Å². The first-order valence-electron chi connectivity index (χ1n) is 6.68. The second-order valence-corrected chi connectivity index (χ2v) is 5.30. The second kappa shape index (κ2) is 5.86. The molecule has 2 rings (SSSR count). The minimum absolute atomic E-state index is 0.599. The molecule has 2 aliphatic rings. The zero-order chi connectivity index (χ0) is 10.5. The Morgan fingerprint density at radius 2 is 2.20 bits per heavy atom. The molecule has 1 N–H and O–H groups in total. The lowest BCUT2D eigenvalue weighted by atomic mass is 9.84. The van der Waals surface area contributed by atoms with E-state index in [2.05, 4.69) is 12.2 Å². The van der Waals surface area contributed by atoms with Crippen molar-refractivity contribution in [1.29, 1.82) is 0 Å². The molecule has 2 nitrogen and oxygen atoms in total. The maximum atomic E-state index is 5.66. The van der Waals surface area contributed by atoms with Gasteiger partial charge in [0.2, 0.25) is 0 Å². The first-order valence-corrected chi connectivity index (χ1v) is 6.68. The zero-order valence-corrected chi connectivity index (χ0v) is 10.0. The molecule has 3 unspecified atom stereocenters. The summed E-state index contributed by atoms with van der Waals surface area (Å²) in [5.41, 5.74) is 0. The summed E-state index contributed by atoms with van der Waals surface area (Å²) in [5, 5.41) is 3.47. The maximum absolute atomic E-state index is 5.66. The zero-order valence-electron chi connectivity index (χ0n) is 10.0. The van der Waals surface area contributed by atoms with Crippen molar-refractivity contribution in [2.24, 2.45) is 11.8 Å². The predicted octanol–water partition coefficient (Wildman–Crippen LogP) is 2.58. The number of nitrogens with one attached hydrogen (secondary N) is 1. The van der Waals surface area contributed by atoms with Gasteiger partial charge in [0, 0.05) is 6.61 Å². The van der Waals surface area contributed by atoms with E-state index in [1.54, 1.807) is 0 Å². The Hall–Kier alpha value is -0.0800. The molecule has 0 amide bonds. The minimum atomic E-state index is 0.599. The molecular weight excluding hydrogens is 186 g/mol. The molecule has 2 saturated heterocycles. The number of hydrogen-bond donors (Lipinski definition) is 1. The smallest absolute Gasteiger partial charge is 0.0576 e. The summed E-state index contributed by atoms with van der Waals surface area (Å²) in [6.45, 7) is 5.86. The van der Waals surface area contributed by atoms with Crippen molar-refractivity contribution < 1.29 is 4.74 Å². The van der Waals surface area contributed by atoms with Gasteiger partial charge in [0.05, 0.1) is 6.10 Å². The monoisotopic (exact) mass is 211 g/mol. The average Bonchev–Trinajstić information content (AvgIpc) is 2.74. The third-order valence-corrected chi connectivity index (χ3v) is 4.09. The lowest BCUT2D eigenvalue weighted by molar-refractivity contribution is 0.0988. The topological polar surface area (TPSA) is 21.3 Å². The summed E-state index contributed by atoms with van der Waals surface area (Å²) in [4.78, 5) is 0. The Bertz CT molecular complexity index is 177. The molecule has 2 aliphatic heterocycles. The SMILES string of the molecule is CC1CNCCC1CCCC1CCCO1. The Balaban J connectivity index is 1.59. The van der Waals surface area contributed by atoms with Crippen molar-refractivity contribution >= 4 is 0 Å². The molecule has 0 aromatic carbocycles. The molecular formula is C13H25NO. The van der Waals surface area contributed by atoms with Gasteiger partial charge < -0.3 is 10.1 Å². The van der Waals surface area contributed by atoms with Gasteiger partial charge in [0.15, 0.2) is 0 Å². The Kier molecular flexibility index (Phi) is 4.45. The predicted molar refractivity (Wildman–Crippen MR) is 63.0 cm³/mol. The molecule has 3 atom stereocenters. The van der Waals surface area contributed by atoms with E-state index in [4.69, 9.17) is 4.74 Å². The highest BCUT2D eigenvalue weighted by atomic mass is 16.5. The standard InChI is InChI=1S/C13H25NO/c1-11-10-14-8-7-12(11)4-2-5-13-6-3-9-15-13/h11-14H,2-10H2,1H3. The Morgan fingerprint density at radius 3 is 2.93 bits per heavy atom. The summed E-state index contributed by atoms with van der Waals surface area (Å²) in [6.07, 6.45) is 8.67. The highest BCUT2D eigenvalue weighted by Crippen LogP contribution is 2.26. The molecule has 0 radical (unpaired) electrons.